The van der Waals surface area contributed by atoms with E-state index in [9.17, 15) is 9.59 Å². The molecule has 1 aliphatic rings. The summed E-state index contributed by atoms with van der Waals surface area (Å²) in [7, 11) is 3.51. The number of para-hydroxylation sites is 2. The molecular formula is C33H42N4O3S. The third kappa shape index (κ3) is 5.59. The van der Waals surface area contributed by atoms with Crippen molar-refractivity contribution in [2.45, 2.75) is 77.7 Å². The molecule has 2 aromatic heterocycles. The maximum Gasteiger partial charge on any atom is 0.329 e. The number of methoxy groups -OCH3 is 1. The monoisotopic (exact) mass is 574 g/mol. The summed E-state index contributed by atoms with van der Waals surface area (Å²) in [4.78, 5) is 34.1. The maximum atomic E-state index is 13.2. The largest absolute Gasteiger partial charge is 0.496 e. The van der Waals surface area contributed by atoms with Gasteiger partial charge < -0.3 is 9.64 Å². The number of rotatable bonds is 5. The molecular weight excluding hydrogens is 532 g/mol. The van der Waals surface area contributed by atoms with E-state index in [4.69, 9.17) is 9.72 Å². The minimum atomic E-state index is -0.158. The zero-order chi connectivity index (χ0) is 29.7. The number of likely N-dealkylation sites (tertiary alicyclic amines) is 1. The molecule has 7 nitrogen and oxygen atoms in total. The lowest BCUT2D eigenvalue weighted by atomic mass is 9.78. The number of fused-ring (bicyclic) bond motifs is 1. The highest BCUT2D eigenvalue weighted by molar-refractivity contribution is 7.15. The normalized spacial score (nSPS) is 15.1. The highest BCUT2D eigenvalue weighted by Gasteiger charge is 2.30. The quantitative estimate of drug-likeness (QED) is 0.274. The van der Waals surface area contributed by atoms with Gasteiger partial charge in [0.15, 0.2) is 0 Å². The number of aromatic nitrogens is 3. The molecule has 0 radical (unpaired) electrons. The highest BCUT2D eigenvalue weighted by Crippen LogP contribution is 2.44. The summed E-state index contributed by atoms with van der Waals surface area (Å²) in [6, 6.07) is 12.1. The third-order valence-corrected chi connectivity index (χ3v) is 9.48. The number of carbonyl (C=O) groups is 1. The van der Waals surface area contributed by atoms with Crippen LogP contribution in [0.5, 0.6) is 5.75 Å². The van der Waals surface area contributed by atoms with E-state index in [0.29, 0.717) is 19.0 Å². The maximum absolute atomic E-state index is 13.2. The van der Waals surface area contributed by atoms with Gasteiger partial charge in [-0.1, -0.05) is 53.7 Å². The summed E-state index contributed by atoms with van der Waals surface area (Å²) >= 11 is 1.76. The molecule has 0 spiro atoms. The van der Waals surface area contributed by atoms with E-state index >= 15 is 0 Å². The van der Waals surface area contributed by atoms with Gasteiger partial charge in [0.25, 0.3) is 0 Å². The Bertz CT molecular complexity index is 1600. The fourth-order valence-corrected chi connectivity index (χ4v) is 6.93. The molecule has 0 saturated carbocycles. The molecule has 0 atom stereocenters. The Morgan fingerprint density at radius 3 is 2.15 bits per heavy atom. The molecule has 8 heteroatoms. The van der Waals surface area contributed by atoms with Gasteiger partial charge in [0.1, 0.15) is 17.3 Å². The van der Waals surface area contributed by atoms with Crippen LogP contribution in [-0.2, 0) is 29.2 Å². The molecule has 5 rings (SSSR count). The van der Waals surface area contributed by atoms with Gasteiger partial charge in [0.05, 0.1) is 18.1 Å². The van der Waals surface area contributed by atoms with Crippen LogP contribution in [-0.4, -0.2) is 45.1 Å². The molecule has 3 heterocycles. The van der Waals surface area contributed by atoms with Crippen molar-refractivity contribution in [2.24, 2.45) is 7.05 Å². The summed E-state index contributed by atoms with van der Waals surface area (Å²) in [6.45, 7) is 14.8. The number of carbonyl (C=O) groups excluding carboxylic acids is 1. The molecule has 41 heavy (non-hydrogen) atoms. The van der Waals surface area contributed by atoms with Crippen molar-refractivity contribution in [2.75, 3.05) is 20.2 Å². The number of nitrogens with zero attached hydrogens (tertiary/aromatic N) is 4. The molecule has 218 valence electrons. The number of thiazole rings is 1. The summed E-state index contributed by atoms with van der Waals surface area (Å²) < 4.78 is 9.14. The second kappa shape index (κ2) is 10.8. The Morgan fingerprint density at radius 2 is 1.59 bits per heavy atom. The first-order chi connectivity index (χ1) is 19.3. The fraction of sp³-hybridized carbons (Fsp3) is 0.485. The standard InChI is InChI=1S/C33H42N4O3S/c1-32(2,3)23-17-22(18-24(29(23)40-8)33(4,5)6)30-34-19-27(41-30)21-13-15-36(16-14-21)28(38)20-37-26-12-10-9-11-25(26)35(7)31(37)39/h9-12,17-19,21H,13-16,20H2,1-8H3. The number of hydrogen-bond donors (Lipinski definition) is 0. The van der Waals surface area contributed by atoms with Crippen molar-refractivity contribution in [3.8, 4) is 16.3 Å². The van der Waals surface area contributed by atoms with Gasteiger partial charge in [-0.25, -0.2) is 9.78 Å². The van der Waals surface area contributed by atoms with Crippen molar-refractivity contribution in [3.05, 3.63) is 69.1 Å². The number of hydrogen-bond acceptors (Lipinski definition) is 5. The van der Waals surface area contributed by atoms with Crippen LogP contribution >= 0.6 is 11.3 Å². The number of piperidine rings is 1. The van der Waals surface area contributed by atoms with Crippen LogP contribution in [0.3, 0.4) is 0 Å². The van der Waals surface area contributed by atoms with E-state index in [1.807, 2.05) is 35.4 Å². The Balaban J connectivity index is 1.32. The summed E-state index contributed by atoms with van der Waals surface area (Å²) in [5.41, 5.74) is 4.84. The lowest BCUT2D eigenvalue weighted by Crippen LogP contribution is -2.41. The SMILES string of the molecule is COc1c(C(C)(C)C)cc(-c2ncc(C3CCN(C(=O)Cn4c(=O)n(C)c5ccccc54)CC3)s2)cc1C(C)(C)C. The average molecular weight is 575 g/mol. The second-order valence-electron chi connectivity index (χ2n) is 13.2. The Labute approximate surface area is 246 Å². The predicted molar refractivity (Wildman–Crippen MR) is 167 cm³/mol. The predicted octanol–water partition coefficient (Wildman–Crippen LogP) is 6.47. The van der Waals surface area contributed by atoms with Crippen LogP contribution in [0.15, 0.2) is 47.4 Å². The molecule has 4 aromatic rings. The van der Waals surface area contributed by atoms with Gasteiger partial charge in [-0.05, 0) is 53.9 Å². The number of benzene rings is 2. The molecule has 1 aliphatic heterocycles. The highest BCUT2D eigenvalue weighted by atomic mass is 32.1. The van der Waals surface area contributed by atoms with Crippen LogP contribution in [0.2, 0.25) is 0 Å². The van der Waals surface area contributed by atoms with Crippen LogP contribution in [0.4, 0.5) is 0 Å². The van der Waals surface area contributed by atoms with Crippen LogP contribution in [0.1, 0.15) is 76.3 Å². The number of aryl methyl sites for hydroxylation is 1. The van der Waals surface area contributed by atoms with Gasteiger partial charge in [0, 0.05) is 47.9 Å². The first-order valence-electron chi connectivity index (χ1n) is 14.4. The number of ether oxygens (including phenoxy) is 1. The van der Waals surface area contributed by atoms with Gasteiger partial charge >= 0.3 is 5.69 Å². The minimum Gasteiger partial charge on any atom is -0.496 e. The molecule has 0 unspecified atom stereocenters. The van der Waals surface area contributed by atoms with Crippen LogP contribution < -0.4 is 10.4 Å². The number of imidazole rings is 1. The van der Waals surface area contributed by atoms with Gasteiger partial charge in [0.2, 0.25) is 5.91 Å². The van der Waals surface area contributed by atoms with Crippen molar-refractivity contribution in [1.82, 2.24) is 19.0 Å². The van der Waals surface area contributed by atoms with Crippen molar-refractivity contribution in [3.63, 3.8) is 0 Å². The van der Waals surface area contributed by atoms with Crippen molar-refractivity contribution < 1.29 is 9.53 Å². The van der Waals surface area contributed by atoms with E-state index in [0.717, 1.165) is 40.2 Å². The van der Waals surface area contributed by atoms with Crippen molar-refractivity contribution >= 4 is 28.3 Å². The molecule has 0 N–H and O–H groups in total. The van der Waals surface area contributed by atoms with Crippen molar-refractivity contribution in [1.29, 1.82) is 0 Å². The first kappa shape index (κ1) is 29.1. The van der Waals surface area contributed by atoms with E-state index in [1.165, 1.54) is 16.0 Å². The summed E-state index contributed by atoms with van der Waals surface area (Å²) in [5, 5.41) is 1.02. The van der Waals surface area contributed by atoms with Crippen LogP contribution in [0, 0.1) is 0 Å². The van der Waals surface area contributed by atoms with Gasteiger partial charge in [-0.15, -0.1) is 11.3 Å². The van der Waals surface area contributed by atoms with E-state index in [2.05, 4.69) is 53.7 Å². The van der Waals surface area contributed by atoms with Gasteiger partial charge in [-0.3, -0.25) is 13.9 Å². The lowest BCUT2D eigenvalue weighted by molar-refractivity contribution is -0.132. The van der Waals surface area contributed by atoms with E-state index in [1.54, 1.807) is 34.6 Å². The number of amides is 1. The zero-order valence-corrected chi connectivity index (χ0v) is 26.4. The minimum absolute atomic E-state index is 0.00505. The molecule has 0 aliphatic carbocycles. The third-order valence-electron chi connectivity index (χ3n) is 8.27. The lowest BCUT2D eigenvalue weighted by Gasteiger charge is -2.31. The van der Waals surface area contributed by atoms with Crippen LogP contribution in [0.25, 0.3) is 21.6 Å². The Morgan fingerprint density at radius 1 is 1.00 bits per heavy atom. The smallest absolute Gasteiger partial charge is 0.329 e. The molecule has 2 aromatic carbocycles. The zero-order valence-electron chi connectivity index (χ0n) is 25.6. The van der Waals surface area contributed by atoms with Gasteiger partial charge in [-0.2, -0.15) is 0 Å². The first-order valence-corrected chi connectivity index (χ1v) is 15.2. The average Bonchev–Trinajstić information content (AvgIpc) is 3.52. The fourth-order valence-electron chi connectivity index (χ4n) is 5.86. The molecule has 1 amide bonds. The molecule has 1 saturated heterocycles. The second-order valence-corrected chi connectivity index (χ2v) is 14.3. The Hall–Kier alpha value is -3.39. The molecule has 1 fully saturated rings. The topological polar surface area (TPSA) is 69.4 Å². The molecule has 0 bridgehead atoms. The van der Waals surface area contributed by atoms with E-state index < -0.39 is 0 Å². The van der Waals surface area contributed by atoms with E-state index in [-0.39, 0.29) is 29.0 Å². The summed E-state index contributed by atoms with van der Waals surface area (Å²) in [5.74, 6) is 1.33. The Kier molecular flexibility index (Phi) is 7.66. The summed E-state index contributed by atoms with van der Waals surface area (Å²) in [6.07, 6.45) is 3.80.